The van der Waals surface area contributed by atoms with Gasteiger partial charge < -0.3 is 29.8 Å². The second-order valence-electron chi connectivity index (χ2n) is 8.44. The molecular weight excluding hydrogens is 571 g/mol. The molecule has 17 heteroatoms. The van der Waals surface area contributed by atoms with Gasteiger partial charge in [0.25, 0.3) is 5.95 Å². The molecule has 3 aromatic rings. The van der Waals surface area contributed by atoms with Gasteiger partial charge in [-0.05, 0) is 23.6 Å². The van der Waals surface area contributed by atoms with Crippen LogP contribution in [0.5, 0.6) is 0 Å². The summed E-state index contributed by atoms with van der Waals surface area (Å²) in [7, 11) is 0. The molecule has 0 bridgehead atoms. The fourth-order valence-corrected chi connectivity index (χ4v) is 3.86. The van der Waals surface area contributed by atoms with Crippen molar-refractivity contribution in [1.29, 1.82) is 0 Å². The van der Waals surface area contributed by atoms with Gasteiger partial charge in [0.1, 0.15) is 37.7 Å². The molecule has 2 atom stereocenters. The number of tetrazole rings is 1. The number of aromatic nitrogens is 6. The average Bonchev–Trinajstić information content (AvgIpc) is 3.68. The van der Waals surface area contributed by atoms with E-state index in [4.69, 9.17) is 9.47 Å². The largest absolute Gasteiger partial charge is 0.481 e. The van der Waals surface area contributed by atoms with Gasteiger partial charge in [0.05, 0.1) is 6.42 Å². The highest BCUT2D eigenvalue weighted by Crippen LogP contribution is 2.23. The number of Topliss-reactive ketones (excluding diaryl/α,β-unsaturated/α-hetero) is 1. The van der Waals surface area contributed by atoms with E-state index < -0.39 is 48.9 Å². The number of anilines is 1. The van der Waals surface area contributed by atoms with Gasteiger partial charge in [-0.2, -0.15) is 4.80 Å². The van der Waals surface area contributed by atoms with Gasteiger partial charge >= 0.3 is 18.0 Å². The lowest BCUT2D eigenvalue weighted by atomic mass is 10.1. The number of rotatable bonds is 12. The normalized spacial score (nSPS) is 14.8. The zero-order valence-corrected chi connectivity index (χ0v) is 22.7. The lowest BCUT2D eigenvalue weighted by molar-refractivity contribution is -0.146. The Hall–Kier alpha value is -4.24. The summed E-state index contributed by atoms with van der Waals surface area (Å²) in [4.78, 5) is 58.3. The van der Waals surface area contributed by atoms with Gasteiger partial charge in [-0.15, -0.1) is 29.9 Å². The number of benzene rings is 1. The number of nitrogens with one attached hydrogen (secondary N) is 2. The van der Waals surface area contributed by atoms with Crippen molar-refractivity contribution in [2.75, 3.05) is 11.4 Å². The number of amides is 1. The van der Waals surface area contributed by atoms with Gasteiger partial charge in [-0.25, -0.2) is 14.6 Å². The number of alkyl carbamates (subject to hydrolysis) is 1. The van der Waals surface area contributed by atoms with Crippen LogP contribution in [0, 0.1) is 0 Å². The number of nitrogens with zero attached hydrogens (tertiary/aromatic N) is 6. The molecule has 4 rings (SSSR count). The Bertz CT molecular complexity index is 1260. The molecule has 0 aliphatic carbocycles. The van der Waals surface area contributed by atoms with Crippen LogP contribution in [0.1, 0.15) is 30.7 Å². The van der Waals surface area contributed by atoms with Gasteiger partial charge in [-0.3, -0.25) is 9.59 Å². The Morgan fingerprint density at radius 3 is 2.60 bits per heavy atom. The van der Waals surface area contributed by atoms with Crippen LogP contribution in [0.4, 0.5) is 10.7 Å². The van der Waals surface area contributed by atoms with Crippen LogP contribution >= 0.6 is 24.8 Å². The monoisotopic (exact) mass is 598 g/mol. The third kappa shape index (κ3) is 8.91. The van der Waals surface area contributed by atoms with Crippen molar-refractivity contribution in [3.8, 4) is 0 Å². The summed E-state index contributed by atoms with van der Waals surface area (Å²) in [5, 5.41) is 23.5. The topological polar surface area (TPSA) is 195 Å². The first kappa shape index (κ1) is 32.0. The number of carboxylic acids is 1. The Kier molecular flexibility index (Phi) is 12.3. The Morgan fingerprint density at radius 1 is 1.12 bits per heavy atom. The molecule has 1 fully saturated rings. The summed E-state index contributed by atoms with van der Waals surface area (Å²) in [6.07, 6.45) is 2.81. The zero-order valence-electron chi connectivity index (χ0n) is 21.0. The number of aliphatic carboxylic acids is 1. The number of aromatic amines is 1. The van der Waals surface area contributed by atoms with Gasteiger partial charge in [0.2, 0.25) is 0 Å². The first-order valence-electron chi connectivity index (χ1n) is 11.8. The Morgan fingerprint density at radius 2 is 1.90 bits per heavy atom. The minimum atomic E-state index is -1.37. The highest BCUT2D eigenvalue weighted by atomic mass is 35.5. The predicted octanol–water partition coefficient (Wildman–Crippen LogP) is 1.29. The number of carboxylic acid groups (broad SMARTS) is 1. The number of imidazole rings is 1. The zero-order chi connectivity index (χ0) is 26.9. The van der Waals surface area contributed by atoms with E-state index in [0.29, 0.717) is 25.2 Å². The summed E-state index contributed by atoms with van der Waals surface area (Å²) in [6, 6.07) is 6.88. The first-order valence-corrected chi connectivity index (χ1v) is 11.8. The number of carbonyl (C=O) groups is 4. The van der Waals surface area contributed by atoms with Crippen LogP contribution in [0.3, 0.4) is 0 Å². The first-order chi connectivity index (χ1) is 18.4. The third-order valence-electron chi connectivity index (χ3n) is 5.70. The molecule has 0 saturated carbocycles. The van der Waals surface area contributed by atoms with E-state index in [2.05, 4.69) is 30.7 Å². The lowest BCUT2D eigenvalue weighted by Crippen LogP contribution is -2.44. The molecule has 0 spiro atoms. The molecular formula is C23H28Cl2N8O7. The minimum Gasteiger partial charge on any atom is -0.481 e. The third-order valence-corrected chi connectivity index (χ3v) is 5.70. The SMILES string of the molecule is Cl.Cl.O=C(O)CC(NC(=O)OCc1ccccc1)C(=O)Cn1nnc(N2CCC[C@H]2C(=O)OCc2ncc[nH]2)n1. The molecule has 3 heterocycles. The minimum absolute atomic E-state index is 0. The number of hydrogen-bond acceptors (Lipinski definition) is 11. The van der Waals surface area contributed by atoms with Crippen molar-refractivity contribution >= 4 is 54.6 Å². The summed E-state index contributed by atoms with van der Waals surface area (Å²) in [6.45, 7) is -0.0197. The fourth-order valence-electron chi connectivity index (χ4n) is 3.86. The van der Waals surface area contributed by atoms with Gasteiger partial charge in [0, 0.05) is 18.9 Å². The van der Waals surface area contributed by atoms with E-state index in [1.54, 1.807) is 41.6 Å². The molecule has 1 aliphatic rings. The van der Waals surface area contributed by atoms with Crippen molar-refractivity contribution in [3.63, 3.8) is 0 Å². The molecule has 1 saturated heterocycles. The van der Waals surface area contributed by atoms with Crippen molar-refractivity contribution in [3.05, 3.63) is 54.1 Å². The molecule has 0 radical (unpaired) electrons. The highest BCUT2D eigenvalue weighted by molar-refractivity contribution is 5.90. The number of esters is 1. The number of ketones is 1. The summed E-state index contributed by atoms with van der Waals surface area (Å²) >= 11 is 0. The molecule has 216 valence electrons. The van der Waals surface area contributed by atoms with E-state index in [1.807, 2.05) is 6.07 Å². The molecule has 1 unspecified atom stereocenters. The summed E-state index contributed by atoms with van der Waals surface area (Å²) in [5.74, 6) is -1.78. The smallest absolute Gasteiger partial charge is 0.408 e. The summed E-state index contributed by atoms with van der Waals surface area (Å²) in [5.41, 5.74) is 0.730. The molecule has 1 aromatic carbocycles. The number of carbonyl (C=O) groups excluding carboxylic acids is 3. The van der Waals surface area contributed by atoms with Crippen molar-refractivity contribution < 1.29 is 33.8 Å². The maximum Gasteiger partial charge on any atom is 0.408 e. The second-order valence-corrected chi connectivity index (χ2v) is 8.44. The number of hydrogen-bond donors (Lipinski definition) is 3. The molecule has 1 aliphatic heterocycles. The maximum atomic E-state index is 12.8. The standard InChI is InChI=1S/C23H26N8O7.2ClH/c32-18(16(11-20(33)34)26-23(36)38-13-15-5-2-1-3-6-15)12-31-28-22(27-29-31)30-10-4-7-17(30)21(35)37-14-19-24-8-9-25-19;;/h1-3,5-6,8-9,16-17H,4,7,10-14H2,(H,24,25)(H,26,36)(H,33,34);2*1H/t16?,17-;;/m0../s1. The van der Waals surface area contributed by atoms with Crippen LogP contribution in [0.25, 0.3) is 0 Å². The molecule has 40 heavy (non-hydrogen) atoms. The lowest BCUT2D eigenvalue weighted by Gasteiger charge is -2.20. The Labute approximate surface area is 240 Å². The van der Waals surface area contributed by atoms with Crippen LogP contribution in [0.2, 0.25) is 0 Å². The van der Waals surface area contributed by atoms with E-state index in [1.165, 1.54) is 0 Å². The van der Waals surface area contributed by atoms with E-state index in [-0.39, 0.29) is 44.0 Å². The highest BCUT2D eigenvalue weighted by Gasteiger charge is 2.35. The average molecular weight is 599 g/mol. The number of halogens is 2. The van der Waals surface area contributed by atoms with E-state index >= 15 is 0 Å². The fraction of sp³-hybridized carbons (Fsp3) is 0.391. The predicted molar refractivity (Wildman–Crippen MR) is 142 cm³/mol. The molecule has 3 N–H and O–H groups in total. The van der Waals surface area contributed by atoms with Crippen LogP contribution in [0.15, 0.2) is 42.7 Å². The number of H-pyrrole nitrogens is 1. The Balaban J connectivity index is 0.00000280. The maximum absolute atomic E-state index is 12.8. The van der Waals surface area contributed by atoms with Gasteiger partial charge in [-0.1, -0.05) is 35.4 Å². The van der Waals surface area contributed by atoms with Crippen LogP contribution in [-0.2, 0) is 43.6 Å². The molecule has 1 amide bonds. The molecule has 15 nitrogen and oxygen atoms in total. The van der Waals surface area contributed by atoms with Crippen molar-refractivity contribution in [2.24, 2.45) is 0 Å². The number of ether oxygens (including phenoxy) is 2. The van der Waals surface area contributed by atoms with Crippen LogP contribution in [-0.4, -0.2) is 77.7 Å². The van der Waals surface area contributed by atoms with E-state index in [0.717, 1.165) is 10.4 Å². The molecule has 2 aromatic heterocycles. The quantitative estimate of drug-likeness (QED) is 0.253. The summed E-state index contributed by atoms with van der Waals surface area (Å²) < 4.78 is 10.4. The van der Waals surface area contributed by atoms with E-state index in [9.17, 15) is 24.3 Å². The van der Waals surface area contributed by atoms with Crippen molar-refractivity contribution in [2.45, 2.75) is 51.1 Å². The van der Waals surface area contributed by atoms with Gasteiger partial charge in [0.15, 0.2) is 5.78 Å². The second kappa shape index (κ2) is 15.4. The van der Waals surface area contributed by atoms with Crippen molar-refractivity contribution in [1.82, 2.24) is 35.5 Å². The van der Waals surface area contributed by atoms with Crippen LogP contribution < -0.4 is 10.2 Å².